The number of rotatable bonds is 6. The first-order valence-corrected chi connectivity index (χ1v) is 11.6. The highest BCUT2D eigenvalue weighted by molar-refractivity contribution is 6.39. The summed E-state index contributed by atoms with van der Waals surface area (Å²) < 4.78 is 2.17. The van der Waals surface area contributed by atoms with Crippen LogP contribution in [-0.4, -0.2) is 21.2 Å². The van der Waals surface area contributed by atoms with Crippen molar-refractivity contribution in [1.29, 1.82) is 0 Å². The van der Waals surface area contributed by atoms with E-state index in [0.717, 1.165) is 57.8 Å². The smallest absolute Gasteiger partial charge is 0.204 e. The SMILES string of the molecule is C=Cc1ccc(Cn2c(C)c(CC)c(C)c2C2=C(O)/C(=C3/N=C(C)C(CC)=C3C)C2=O)cc1. The van der Waals surface area contributed by atoms with Gasteiger partial charge >= 0.3 is 0 Å². The lowest BCUT2D eigenvalue weighted by Gasteiger charge is -2.25. The average molecular weight is 441 g/mol. The molecule has 1 aromatic carbocycles. The Morgan fingerprint density at radius 1 is 1.03 bits per heavy atom. The maximum Gasteiger partial charge on any atom is 0.204 e. The van der Waals surface area contributed by atoms with Crippen molar-refractivity contribution >= 4 is 23.1 Å². The molecule has 1 N–H and O–H groups in total. The fourth-order valence-corrected chi connectivity index (χ4v) is 5.27. The third-order valence-corrected chi connectivity index (χ3v) is 7.11. The molecule has 1 aliphatic heterocycles. The van der Waals surface area contributed by atoms with E-state index in [1.54, 1.807) is 0 Å². The van der Waals surface area contributed by atoms with Gasteiger partial charge in [-0.3, -0.25) is 9.79 Å². The molecule has 0 amide bonds. The molecule has 0 bridgehead atoms. The zero-order chi connectivity index (χ0) is 24.0. The lowest BCUT2D eigenvalue weighted by Crippen LogP contribution is -2.25. The van der Waals surface area contributed by atoms with E-state index < -0.39 is 0 Å². The average Bonchev–Trinajstić information content (AvgIpc) is 3.20. The van der Waals surface area contributed by atoms with Gasteiger partial charge in [-0.15, -0.1) is 0 Å². The second kappa shape index (κ2) is 8.51. The van der Waals surface area contributed by atoms with Gasteiger partial charge in [0.25, 0.3) is 0 Å². The van der Waals surface area contributed by atoms with Crippen molar-refractivity contribution in [3.8, 4) is 0 Å². The number of benzene rings is 1. The van der Waals surface area contributed by atoms with Gasteiger partial charge in [0.05, 0.1) is 22.5 Å². The number of carbonyl (C=O) groups excluding carboxylic acids is 1. The molecule has 170 valence electrons. The minimum atomic E-state index is -0.123. The summed E-state index contributed by atoms with van der Waals surface area (Å²) in [4.78, 5) is 18.1. The van der Waals surface area contributed by atoms with Gasteiger partial charge in [0, 0.05) is 18.0 Å². The van der Waals surface area contributed by atoms with E-state index in [1.807, 2.05) is 32.1 Å². The van der Waals surface area contributed by atoms with Crippen LogP contribution >= 0.6 is 0 Å². The molecule has 1 aromatic heterocycles. The van der Waals surface area contributed by atoms with E-state index in [-0.39, 0.29) is 11.5 Å². The van der Waals surface area contributed by atoms with Crippen LogP contribution < -0.4 is 0 Å². The third-order valence-electron chi connectivity index (χ3n) is 7.11. The highest BCUT2D eigenvalue weighted by Gasteiger charge is 2.41. The number of aromatic nitrogens is 1. The van der Waals surface area contributed by atoms with Gasteiger partial charge in [-0.1, -0.05) is 50.8 Å². The number of ketones is 1. The fourth-order valence-electron chi connectivity index (χ4n) is 5.27. The van der Waals surface area contributed by atoms with Crippen molar-refractivity contribution in [1.82, 2.24) is 4.57 Å². The monoisotopic (exact) mass is 440 g/mol. The molecule has 4 heteroatoms. The van der Waals surface area contributed by atoms with Gasteiger partial charge in [0.15, 0.2) is 0 Å². The van der Waals surface area contributed by atoms with Crippen molar-refractivity contribution in [3.05, 3.63) is 92.7 Å². The standard InChI is InChI=1S/C29H32N2O2/c1-8-20-11-13-21(14-12-20)15-31-19(7)23(10-3)17(5)27(31)25-28(32)24(29(25)33)26-16(4)22(9-2)18(6)30-26/h8,11-14,32H,1,9-10,15H2,2-7H3/b26-24-. The second-order valence-corrected chi connectivity index (χ2v) is 8.85. The van der Waals surface area contributed by atoms with Crippen LogP contribution in [0.3, 0.4) is 0 Å². The Kier molecular flexibility index (Phi) is 5.87. The first kappa shape index (κ1) is 22.8. The van der Waals surface area contributed by atoms with E-state index in [9.17, 15) is 9.90 Å². The van der Waals surface area contributed by atoms with Crippen molar-refractivity contribution < 1.29 is 9.90 Å². The molecular weight excluding hydrogens is 408 g/mol. The van der Waals surface area contributed by atoms with Crippen molar-refractivity contribution in [2.45, 2.75) is 60.9 Å². The molecule has 0 saturated heterocycles. The summed E-state index contributed by atoms with van der Waals surface area (Å²) in [6.07, 6.45) is 3.55. The number of aliphatic hydroxyl groups is 1. The third kappa shape index (κ3) is 3.45. The summed E-state index contributed by atoms with van der Waals surface area (Å²) in [6, 6.07) is 8.26. The molecule has 0 fully saturated rings. The van der Waals surface area contributed by atoms with Gasteiger partial charge in [0.2, 0.25) is 5.78 Å². The van der Waals surface area contributed by atoms with Crippen molar-refractivity contribution in [3.63, 3.8) is 0 Å². The number of aliphatic hydroxyl groups excluding tert-OH is 1. The number of aliphatic imine (C=N–C) groups is 1. The first-order chi connectivity index (χ1) is 15.7. The van der Waals surface area contributed by atoms with Crippen LogP contribution in [0.15, 0.2) is 64.0 Å². The molecule has 1 aliphatic carbocycles. The van der Waals surface area contributed by atoms with E-state index in [0.29, 0.717) is 23.4 Å². The van der Waals surface area contributed by atoms with Crippen molar-refractivity contribution in [2.75, 3.05) is 0 Å². The molecule has 0 radical (unpaired) electrons. The first-order valence-electron chi connectivity index (χ1n) is 11.6. The fraction of sp³-hybridized carbons (Fsp3) is 0.310. The Bertz CT molecular complexity index is 1310. The van der Waals surface area contributed by atoms with Crippen LogP contribution in [0.1, 0.15) is 67.8 Å². The van der Waals surface area contributed by atoms with E-state index in [4.69, 9.17) is 0 Å². The summed E-state index contributed by atoms with van der Waals surface area (Å²) in [5, 5.41) is 11.2. The van der Waals surface area contributed by atoms with Gasteiger partial charge in [-0.25, -0.2) is 0 Å². The molecular formula is C29H32N2O2. The summed E-state index contributed by atoms with van der Waals surface area (Å²) in [7, 11) is 0. The van der Waals surface area contributed by atoms with Gasteiger partial charge < -0.3 is 9.67 Å². The van der Waals surface area contributed by atoms with E-state index in [1.165, 1.54) is 5.56 Å². The minimum Gasteiger partial charge on any atom is -0.506 e. The molecule has 0 saturated carbocycles. The Balaban J connectivity index is 1.86. The van der Waals surface area contributed by atoms with Crippen LogP contribution in [0, 0.1) is 13.8 Å². The Labute approximate surface area is 196 Å². The van der Waals surface area contributed by atoms with Gasteiger partial charge in [-0.05, 0) is 73.9 Å². The molecule has 4 nitrogen and oxygen atoms in total. The summed E-state index contributed by atoms with van der Waals surface area (Å²) in [5.41, 5.74) is 10.9. The van der Waals surface area contributed by atoms with Crippen molar-refractivity contribution in [2.24, 2.45) is 4.99 Å². The molecule has 0 atom stereocenters. The number of carbonyl (C=O) groups is 1. The van der Waals surface area contributed by atoms with Gasteiger partial charge in [-0.2, -0.15) is 0 Å². The summed E-state index contributed by atoms with van der Waals surface area (Å²) in [5.74, 6) is -0.0583. The Morgan fingerprint density at radius 2 is 1.70 bits per heavy atom. The predicted octanol–water partition coefficient (Wildman–Crippen LogP) is 6.67. The minimum absolute atomic E-state index is 0.0646. The van der Waals surface area contributed by atoms with E-state index in [2.05, 4.69) is 56.0 Å². The molecule has 33 heavy (non-hydrogen) atoms. The van der Waals surface area contributed by atoms with Crippen LogP contribution in [0.25, 0.3) is 11.6 Å². The molecule has 4 rings (SSSR count). The number of Topliss-reactive ketones (excluding diaryl/α,β-unsaturated/α-hetero) is 1. The summed E-state index contributed by atoms with van der Waals surface area (Å²) >= 11 is 0. The largest absolute Gasteiger partial charge is 0.506 e. The highest BCUT2D eigenvalue weighted by Crippen LogP contribution is 2.44. The van der Waals surface area contributed by atoms with Crippen LogP contribution in [0.2, 0.25) is 0 Å². The summed E-state index contributed by atoms with van der Waals surface area (Å²) in [6.45, 7) is 16.8. The second-order valence-electron chi connectivity index (χ2n) is 8.85. The number of allylic oxidation sites excluding steroid dienone is 4. The van der Waals surface area contributed by atoms with Crippen LogP contribution in [0.5, 0.6) is 0 Å². The molecule has 2 heterocycles. The Hall–Kier alpha value is -3.40. The lowest BCUT2D eigenvalue weighted by molar-refractivity contribution is -0.111. The number of hydrogen-bond acceptors (Lipinski definition) is 3. The quantitative estimate of drug-likeness (QED) is 0.510. The molecule has 2 aliphatic rings. The predicted molar refractivity (Wildman–Crippen MR) is 137 cm³/mol. The Morgan fingerprint density at radius 3 is 2.21 bits per heavy atom. The van der Waals surface area contributed by atoms with Crippen LogP contribution in [-0.2, 0) is 17.8 Å². The normalized spacial score (nSPS) is 18.2. The van der Waals surface area contributed by atoms with E-state index >= 15 is 0 Å². The highest BCUT2D eigenvalue weighted by atomic mass is 16.3. The lowest BCUT2D eigenvalue weighted by atomic mass is 9.82. The number of hydrogen-bond donors (Lipinski definition) is 1. The van der Waals surface area contributed by atoms with Crippen LogP contribution in [0.4, 0.5) is 0 Å². The topological polar surface area (TPSA) is 54.6 Å². The maximum absolute atomic E-state index is 13.5. The number of nitrogens with zero attached hydrogens (tertiary/aromatic N) is 2. The molecule has 0 spiro atoms. The zero-order valence-electron chi connectivity index (χ0n) is 20.5. The molecule has 0 unspecified atom stereocenters. The maximum atomic E-state index is 13.5. The van der Waals surface area contributed by atoms with Gasteiger partial charge in [0.1, 0.15) is 5.76 Å². The molecule has 2 aromatic rings. The zero-order valence-corrected chi connectivity index (χ0v) is 20.5.